The fraction of sp³-hybridized carbons (Fsp3) is 0.0833. The van der Waals surface area contributed by atoms with E-state index in [2.05, 4.69) is 0 Å². The lowest BCUT2D eigenvalue weighted by atomic mass is 10.2. The van der Waals surface area contributed by atoms with Crippen molar-refractivity contribution in [1.82, 2.24) is 4.90 Å². The highest BCUT2D eigenvalue weighted by Crippen LogP contribution is 2.32. The maximum Gasteiger partial charge on any atom is 0.266 e. The maximum atomic E-state index is 13.0. The van der Waals surface area contributed by atoms with E-state index in [0.717, 1.165) is 16.7 Å². The van der Waals surface area contributed by atoms with E-state index in [1.54, 1.807) is 6.07 Å². The summed E-state index contributed by atoms with van der Waals surface area (Å²) < 4.78 is 13.2. The summed E-state index contributed by atoms with van der Waals surface area (Å²) in [6.45, 7) is -0.578. The van der Waals surface area contributed by atoms with Crippen LogP contribution in [-0.2, 0) is 9.59 Å². The quantitative estimate of drug-likeness (QED) is 0.609. The summed E-state index contributed by atoms with van der Waals surface area (Å²) in [6.07, 6.45) is 1.47. The minimum atomic E-state index is -1.39. The zero-order valence-corrected chi connectivity index (χ0v) is 11.1. The molecule has 1 amide bonds. The summed E-state index contributed by atoms with van der Waals surface area (Å²) in [6, 6.07) is 5.71. The number of rotatable bonds is 3. The van der Waals surface area contributed by atoms with Crippen LogP contribution in [-0.4, -0.2) is 27.6 Å². The van der Waals surface area contributed by atoms with E-state index < -0.39 is 24.2 Å². The number of halogens is 1. The van der Waals surface area contributed by atoms with Crippen molar-refractivity contribution in [2.75, 3.05) is 6.54 Å². The third-order valence-electron chi connectivity index (χ3n) is 2.31. The molecule has 1 aromatic rings. The number of nitrogens with zero attached hydrogens (tertiary/aromatic N) is 1. The van der Waals surface area contributed by atoms with E-state index in [1.165, 1.54) is 24.3 Å². The van der Waals surface area contributed by atoms with Crippen LogP contribution in [0.25, 0.3) is 6.08 Å². The number of carboxylic acids is 1. The number of amides is 1. The highest BCUT2D eigenvalue weighted by molar-refractivity contribution is 8.26. The number of thioether (sulfide) groups is 1. The molecule has 98 valence electrons. The van der Waals surface area contributed by atoms with Crippen molar-refractivity contribution in [3.63, 3.8) is 0 Å². The van der Waals surface area contributed by atoms with Gasteiger partial charge >= 0.3 is 0 Å². The second kappa shape index (κ2) is 5.50. The Morgan fingerprint density at radius 3 is 2.89 bits per heavy atom. The number of benzene rings is 1. The SMILES string of the molecule is O=C([O-])CN1C(=O)/C(=C\c2cccc(F)c2)SC1=S. The van der Waals surface area contributed by atoms with Gasteiger partial charge in [0.2, 0.25) is 0 Å². The van der Waals surface area contributed by atoms with Crippen LogP contribution in [0.4, 0.5) is 4.39 Å². The molecule has 1 fully saturated rings. The van der Waals surface area contributed by atoms with Crippen LogP contribution < -0.4 is 5.11 Å². The summed E-state index contributed by atoms with van der Waals surface area (Å²) in [7, 11) is 0. The number of thiocarbonyl (C=S) groups is 1. The molecule has 1 heterocycles. The van der Waals surface area contributed by atoms with Crippen LogP contribution in [0.2, 0.25) is 0 Å². The van der Waals surface area contributed by atoms with E-state index >= 15 is 0 Å². The van der Waals surface area contributed by atoms with Crippen molar-refractivity contribution in [3.8, 4) is 0 Å². The zero-order chi connectivity index (χ0) is 14.0. The third-order valence-corrected chi connectivity index (χ3v) is 3.69. The molecule has 0 radical (unpaired) electrons. The number of carbonyl (C=O) groups is 2. The van der Waals surface area contributed by atoms with E-state index in [0.29, 0.717) is 5.56 Å². The largest absolute Gasteiger partial charge is 0.548 e. The number of hydrogen-bond donors (Lipinski definition) is 0. The molecule has 1 aliphatic heterocycles. The molecule has 1 saturated heterocycles. The van der Waals surface area contributed by atoms with Gasteiger partial charge in [-0.1, -0.05) is 36.1 Å². The fourth-order valence-electron chi connectivity index (χ4n) is 1.51. The molecule has 0 aliphatic carbocycles. The van der Waals surface area contributed by atoms with E-state index in [9.17, 15) is 19.1 Å². The minimum absolute atomic E-state index is 0.150. The Kier molecular flexibility index (Phi) is 3.96. The van der Waals surface area contributed by atoms with E-state index in [1.807, 2.05) is 0 Å². The molecule has 2 rings (SSSR count). The first-order valence-corrected chi connectivity index (χ1v) is 6.40. The Morgan fingerprint density at radius 1 is 1.53 bits per heavy atom. The monoisotopic (exact) mass is 296 g/mol. The Balaban J connectivity index is 2.25. The van der Waals surface area contributed by atoms with Crippen molar-refractivity contribution in [2.24, 2.45) is 0 Å². The lowest BCUT2D eigenvalue weighted by Crippen LogP contribution is -2.40. The van der Waals surface area contributed by atoms with E-state index in [4.69, 9.17) is 12.2 Å². The first-order chi connectivity index (χ1) is 8.97. The van der Waals surface area contributed by atoms with Gasteiger partial charge in [-0.3, -0.25) is 9.69 Å². The van der Waals surface area contributed by atoms with Crippen LogP contribution in [0.1, 0.15) is 5.56 Å². The summed E-state index contributed by atoms with van der Waals surface area (Å²) in [5.41, 5.74) is 0.508. The van der Waals surface area contributed by atoms with Crippen molar-refractivity contribution in [2.45, 2.75) is 0 Å². The van der Waals surface area contributed by atoms with Gasteiger partial charge in [0.1, 0.15) is 10.1 Å². The van der Waals surface area contributed by atoms with Gasteiger partial charge in [-0.25, -0.2) is 4.39 Å². The predicted octanol–water partition coefficient (Wildman–Crippen LogP) is 0.777. The topological polar surface area (TPSA) is 60.4 Å². The molecule has 1 aliphatic rings. The summed E-state index contributed by atoms with van der Waals surface area (Å²) in [5.74, 6) is -2.31. The van der Waals surface area contributed by atoms with Gasteiger partial charge in [0, 0.05) is 0 Å². The van der Waals surface area contributed by atoms with Crippen LogP contribution in [0.3, 0.4) is 0 Å². The first-order valence-electron chi connectivity index (χ1n) is 5.18. The lowest BCUT2D eigenvalue weighted by molar-refractivity contribution is -0.305. The third kappa shape index (κ3) is 3.18. The number of carbonyl (C=O) groups excluding carboxylic acids is 2. The molecule has 19 heavy (non-hydrogen) atoms. The van der Waals surface area contributed by atoms with E-state index in [-0.39, 0.29) is 9.23 Å². The highest BCUT2D eigenvalue weighted by Gasteiger charge is 2.31. The Morgan fingerprint density at radius 2 is 2.26 bits per heavy atom. The predicted molar refractivity (Wildman–Crippen MR) is 71.3 cm³/mol. The fourth-order valence-corrected chi connectivity index (χ4v) is 2.77. The van der Waals surface area contributed by atoms with Crippen LogP contribution in [0.5, 0.6) is 0 Å². The summed E-state index contributed by atoms with van der Waals surface area (Å²) in [5, 5.41) is 10.5. The number of aliphatic carboxylic acids is 1. The summed E-state index contributed by atoms with van der Waals surface area (Å²) in [4.78, 5) is 23.6. The van der Waals surface area contributed by atoms with Gasteiger partial charge in [0.15, 0.2) is 0 Å². The molecule has 7 heteroatoms. The van der Waals surface area contributed by atoms with Crippen molar-refractivity contribution in [1.29, 1.82) is 0 Å². The number of hydrogen-bond acceptors (Lipinski definition) is 5. The highest BCUT2D eigenvalue weighted by atomic mass is 32.2. The average Bonchev–Trinajstić information content (AvgIpc) is 2.57. The van der Waals surface area contributed by atoms with Gasteiger partial charge < -0.3 is 9.90 Å². The summed E-state index contributed by atoms with van der Waals surface area (Å²) >= 11 is 5.90. The van der Waals surface area contributed by atoms with Gasteiger partial charge in [-0.2, -0.15) is 0 Å². The number of carboxylic acid groups (broad SMARTS) is 1. The molecule has 0 spiro atoms. The van der Waals surface area contributed by atoms with Crippen LogP contribution in [0, 0.1) is 5.82 Å². The average molecular weight is 296 g/mol. The molecule has 0 atom stereocenters. The minimum Gasteiger partial charge on any atom is -0.548 e. The molecule has 0 bridgehead atoms. The van der Waals surface area contributed by atoms with Crippen LogP contribution in [0.15, 0.2) is 29.2 Å². The van der Waals surface area contributed by atoms with Crippen LogP contribution >= 0.6 is 24.0 Å². The second-order valence-corrected chi connectivity index (χ2v) is 5.37. The molecular weight excluding hydrogens is 289 g/mol. The molecule has 4 nitrogen and oxygen atoms in total. The van der Waals surface area contributed by atoms with Gasteiger partial charge in [0.05, 0.1) is 17.4 Å². The first kappa shape index (κ1) is 13.7. The Labute approximate surface area is 117 Å². The molecule has 0 saturated carbocycles. The van der Waals surface area contributed by atoms with Crippen molar-refractivity contribution < 1.29 is 19.1 Å². The smallest absolute Gasteiger partial charge is 0.266 e. The van der Waals surface area contributed by atoms with Gasteiger partial charge in [-0.15, -0.1) is 0 Å². The standard InChI is InChI=1S/C12H8FNO3S2/c13-8-3-1-2-7(4-8)5-9-11(17)14(6-10(15)16)12(18)19-9/h1-5H,6H2,(H,15,16)/p-1/b9-5+. The molecule has 1 aromatic carbocycles. The molecular formula is C12H7FNO3S2-. The normalized spacial score (nSPS) is 17.3. The zero-order valence-electron chi connectivity index (χ0n) is 9.46. The molecule has 0 aromatic heterocycles. The van der Waals surface area contributed by atoms with Crippen molar-refractivity contribution in [3.05, 3.63) is 40.6 Å². The maximum absolute atomic E-state index is 13.0. The lowest BCUT2D eigenvalue weighted by Gasteiger charge is -2.14. The Hall–Kier alpha value is -1.73. The molecule has 0 unspecified atom stereocenters. The van der Waals surface area contributed by atoms with Gasteiger partial charge in [-0.05, 0) is 23.8 Å². The Bertz CT molecular complexity index is 600. The second-order valence-electron chi connectivity index (χ2n) is 3.69. The molecule has 0 N–H and O–H groups in total. The van der Waals surface area contributed by atoms with Crippen molar-refractivity contribution >= 4 is 46.3 Å². The van der Waals surface area contributed by atoms with Gasteiger partial charge in [0.25, 0.3) is 5.91 Å².